The lowest BCUT2D eigenvalue weighted by molar-refractivity contribution is -0.0578. The predicted octanol–water partition coefficient (Wildman–Crippen LogP) is -3.44. The highest BCUT2D eigenvalue weighted by atomic mass is 32.1. The summed E-state index contributed by atoms with van der Waals surface area (Å²) in [6.45, 7) is -1.26. The minimum absolute atomic E-state index is 0.165. The van der Waals surface area contributed by atoms with E-state index in [0.29, 0.717) is 0 Å². The van der Waals surface area contributed by atoms with Gasteiger partial charge in [0.1, 0.15) is 0 Å². The molecule has 8 nitrogen and oxygen atoms in total. The maximum atomic E-state index is 9.08. The highest BCUT2D eigenvalue weighted by molar-refractivity contribution is 7.80. The Hall–Kier alpha value is 0.380. The quantitative estimate of drug-likeness (QED) is 0.172. The Bertz CT molecular complexity index is 225. The van der Waals surface area contributed by atoms with Crippen molar-refractivity contribution in [1.82, 2.24) is 4.90 Å². The molecule has 0 aromatic heterocycles. The molecule has 0 aromatic rings. The number of aliphatic hydroxyl groups is 7. The Morgan fingerprint density at radius 2 is 1.05 bits per heavy atom. The highest BCUT2D eigenvalue weighted by Crippen LogP contribution is 2.13. The number of hydrogen-bond acceptors (Lipinski definition) is 10. The molecule has 0 aliphatic rings. The molecule has 22 heavy (non-hydrogen) atoms. The van der Waals surface area contributed by atoms with Gasteiger partial charge in [-0.15, -0.1) is 0 Å². The van der Waals surface area contributed by atoms with E-state index in [-0.39, 0.29) is 37.8 Å². The molecule has 0 spiro atoms. The average Bonchev–Trinajstić information content (AvgIpc) is 2.56. The van der Waals surface area contributed by atoms with Gasteiger partial charge in [-0.05, 0) is 0 Å². The van der Waals surface area contributed by atoms with Crippen LogP contribution in [0.5, 0.6) is 0 Å². The summed E-state index contributed by atoms with van der Waals surface area (Å²) in [4.78, 5) is 1.47. The summed E-state index contributed by atoms with van der Waals surface area (Å²) < 4.78 is 0. The van der Waals surface area contributed by atoms with Crippen LogP contribution in [0.2, 0.25) is 0 Å². The van der Waals surface area contributed by atoms with Crippen LogP contribution in [0.1, 0.15) is 0 Å². The van der Waals surface area contributed by atoms with Crippen molar-refractivity contribution < 1.29 is 35.7 Å². The fourth-order valence-electron chi connectivity index (χ4n) is 1.52. The van der Waals surface area contributed by atoms with Gasteiger partial charge in [0, 0.05) is 24.6 Å². The van der Waals surface area contributed by atoms with Crippen LogP contribution >= 0.6 is 25.3 Å². The fourth-order valence-corrected chi connectivity index (χ4v) is 2.01. The summed E-state index contributed by atoms with van der Waals surface area (Å²) in [7, 11) is 0. The number of aliphatic hydroxyl groups excluding tert-OH is 7. The molecule has 7 N–H and O–H groups in total. The molecule has 0 amide bonds. The highest BCUT2D eigenvalue weighted by Gasteiger charge is 2.34. The van der Waals surface area contributed by atoms with Crippen LogP contribution in [0.4, 0.5) is 0 Å². The third-order valence-electron chi connectivity index (χ3n) is 3.11. The zero-order valence-electron chi connectivity index (χ0n) is 12.5. The van der Waals surface area contributed by atoms with Gasteiger partial charge in [-0.2, -0.15) is 25.3 Å². The van der Waals surface area contributed by atoms with Gasteiger partial charge in [0.05, 0.1) is 50.8 Å². The summed E-state index contributed by atoms with van der Waals surface area (Å²) in [5.74, 6) is 0.559. The van der Waals surface area contributed by atoms with Crippen molar-refractivity contribution in [2.45, 2.75) is 17.7 Å². The molecule has 0 radical (unpaired) electrons. The number of rotatable bonds is 11. The third-order valence-corrected chi connectivity index (χ3v) is 3.86. The number of β-amino-alcohol motifs (C(OH)–C–C–N with tert-alkyl or cyclic N) is 2. The number of nitrogens with zero attached hydrogens (tertiary/aromatic N) is 1. The summed E-state index contributed by atoms with van der Waals surface area (Å²) >= 11 is 7.53. The van der Waals surface area contributed by atoms with E-state index in [1.807, 2.05) is 0 Å². The second-order valence-electron chi connectivity index (χ2n) is 4.63. The lowest BCUT2D eigenvalue weighted by Gasteiger charge is -2.39. The van der Waals surface area contributed by atoms with Gasteiger partial charge in [0.2, 0.25) is 0 Å². The third kappa shape index (κ3) is 8.87. The molecule has 0 rings (SSSR count). The Morgan fingerprint density at radius 1 is 0.727 bits per heavy atom. The molecule has 0 aromatic carbocycles. The first-order valence-corrected chi connectivity index (χ1v) is 8.06. The lowest BCUT2D eigenvalue weighted by Crippen LogP contribution is -2.58. The first-order valence-electron chi connectivity index (χ1n) is 6.80. The summed E-state index contributed by atoms with van der Waals surface area (Å²) in [5.41, 5.74) is -1.18. The van der Waals surface area contributed by atoms with Crippen molar-refractivity contribution >= 4 is 25.3 Å². The minimum Gasteiger partial charge on any atom is -0.395 e. The molecule has 0 unspecified atom stereocenters. The van der Waals surface area contributed by atoms with Crippen LogP contribution in [0.3, 0.4) is 0 Å². The summed E-state index contributed by atoms with van der Waals surface area (Å²) in [6, 6.07) is 0. The average molecular weight is 363 g/mol. The van der Waals surface area contributed by atoms with E-state index in [9.17, 15) is 0 Å². The van der Waals surface area contributed by atoms with E-state index in [2.05, 4.69) is 25.3 Å². The maximum Gasteiger partial charge on any atom is 0.0908 e. The van der Waals surface area contributed by atoms with Crippen molar-refractivity contribution in [2.75, 3.05) is 57.6 Å². The summed E-state index contributed by atoms with van der Waals surface area (Å²) in [6.07, 6.45) is -1.48. The maximum absolute atomic E-state index is 9.08. The normalized spacial score (nSPS) is 14.5. The second kappa shape index (κ2) is 14.9. The minimum atomic E-state index is -1.18. The van der Waals surface area contributed by atoms with Gasteiger partial charge in [-0.3, -0.25) is 4.90 Å². The monoisotopic (exact) mass is 363 g/mol. The van der Waals surface area contributed by atoms with Crippen LogP contribution in [-0.2, 0) is 0 Å². The largest absolute Gasteiger partial charge is 0.395 e. The Morgan fingerprint density at radius 3 is 1.23 bits per heavy atom. The van der Waals surface area contributed by atoms with E-state index in [1.54, 1.807) is 0 Å². The molecule has 0 aliphatic heterocycles. The van der Waals surface area contributed by atoms with Gasteiger partial charge in [-0.1, -0.05) is 0 Å². The Labute approximate surface area is 141 Å². The standard InChI is InChI=1S/C8H19NO5.C4H10O2S2/c10-3-1-9(2-4-11)8(5-12,6-13)7-14;5-3(1-7)4(6)2-8/h10-14H,1-7H2;3-8H,1-2H2/t;3-,4-/m.1/s1. The predicted molar refractivity (Wildman–Crippen MR) is 89.5 cm³/mol. The SMILES string of the molecule is OCCN(CCO)C(CO)(CO)CO.O[C@H](CS)[C@H](O)CS. The van der Waals surface area contributed by atoms with Gasteiger partial charge in [0.15, 0.2) is 0 Å². The van der Waals surface area contributed by atoms with E-state index < -0.39 is 37.6 Å². The molecule has 0 aliphatic carbocycles. The van der Waals surface area contributed by atoms with Gasteiger partial charge in [-0.25, -0.2) is 0 Å². The van der Waals surface area contributed by atoms with Crippen molar-refractivity contribution in [1.29, 1.82) is 0 Å². The fraction of sp³-hybridized carbons (Fsp3) is 1.00. The van der Waals surface area contributed by atoms with Crippen molar-refractivity contribution in [3.63, 3.8) is 0 Å². The van der Waals surface area contributed by atoms with Crippen LogP contribution < -0.4 is 0 Å². The Balaban J connectivity index is 0. The summed E-state index contributed by atoms with van der Waals surface area (Å²) in [5, 5.41) is 62.2. The molecular weight excluding hydrogens is 334 g/mol. The molecule has 0 saturated heterocycles. The van der Waals surface area contributed by atoms with Gasteiger partial charge < -0.3 is 35.7 Å². The van der Waals surface area contributed by atoms with Gasteiger partial charge >= 0.3 is 0 Å². The lowest BCUT2D eigenvalue weighted by atomic mass is 10.0. The molecular formula is C12H29NO7S2. The first-order chi connectivity index (χ1) is 10.4. The van der Waals surface area contributed by atoms with Crippen LogP contribution in [0, 0.1) is 0 Å². The first kappa shape index (κ1) is 24.6. The van der Waals surface area contributed by atoms with Crippen LogP contribution in [-0.4, -0.2) is 116 Å². The molecule has 0 fully saturated rings. The molecule has 2 atom stereocenters. The second-order valence-corrected chi connectivity index (χ2v) is 5.36. The number of thiol groups is 2. The van der Waals surface area contributed by atoms with Crippen LogP contribution in [0.25, 0.3) is 0 Å². The van der Waals surface area contributed by atoms with E-state index >= 15 is 0 Å². The number of hydrogen-bond donors (Lipinski definition) is 9. The molecule has 136 valence electrons. The topological polar surface area (TPSA) is 145 Å². The van der Waals surface area contributed by atoms with E-state index in [1.165, 1.54) is 4.90 Å². The van der Waals surface area contributed by atoms with Crippen molar-refractivity contribution in [3.8, 4) is 0 Å². The molecule has 0 bridgehead atoms. The molecule has 10 heteroatoms. The van der Waals surface area contributed by atoms with Crippen molar-refractivity contribution in [3.05, 3.63) is 0 Å². The molecule has 0 heterocycles. The smallest absolute Gasteiger partial charge is 0.0908 e. The zero-order valence-corrected chi connectivity index (χ0v) is 14.3. The van der Waals surface area contributed by atoms with Crippen LogP contribution in [0.15, 0.2) is 0 Å². The molecule has 0 saturated carbocycles. The van der Waals surface area contributed by atoms with Crippen molar-refractivity contribution in [2.24, 2.45) is 0 Å². The van der Waals surface area contributed by atoms with E-state index in [0.717, 1.165) is 0 Å². The van der Waals surface area contributed by atoms with Gasteiger partial charge in [0.25, 0.3) is 0 Å². The van der Waals surface area contributed by atoms with E-state index in [4.69, 9.17) is 35.7 Å². The zero-order chi connectivity index (χ0) is 17.6. The Kier molecular flexibility index (Phi) is 16.7.